The van der Waals surface area contributed by atoms with Crippen LogP contribution in [0.1, 0.15) is 43.9 Å². The summed E-state index contributed by atoms with van der Waals surface area (Å²) in [5, 5.41) is 0. The number of rotatable bonds is 6. The molecule has 0 saturated carbocycles. The van der Waals surface area contributed by atoms with Gasteiger partial charge in [0.25, 0.3) is 0 Å². The van der Waals surface area contributed by atoms with Gasteiger partial charge in [-0.25, -0.2) is 0 Å². The molecule has 3 N–H and O–H groups in total. The maximum absolute atomic E-state index is 5.67. The molecule has 2 atom stereocenters. The van der Waals surface area contributed by atoms with Crippen molar-refractivity contribution in [1.82, 2.24) is 5.43 Å². The second-order valence-electron chi connectivity index (χ2n) is 4.69. The van der Waals surface area contributed by atoms with Gasteiger partial charge >= 0.3 is 0 Å². The van der Waals surface area contributed by atoms with E-state index >= 15 is 0 Å². The molecular formula is C14H24N2O. The summed E-state index contributed by atoms with van der Waals surface area (Å²) in [6.07, 6.45) is 2.23. The lowest BCUT2D eigenvalue weighted by Crippen LogP contribution is -2.29. The predicted octanol–water partition coefficient (Wildman–Crippen LogP) is 2.94. The molecule has 0 aliphatic rings. The molecule has 0 radical (unpaired) electrons. The number of nitrogens with two attached hydrogens (primary N) is 1. The first-order valence-corrected chi connectivity index (χ1v) is 6.23. The molecule has 3 heteroatoms. The molecule has 0 saturated heterocycles. The maximum atomic E-state index is 5.67. The lowest BCUT2D eigenvalue weighted by atomic mass is 9.92. The Balaban J connectivity index is 2.88. The van der Waals surface area contributed by atoms with Gasteiger partial charge in [0.15, 0.2) is 0 Å². The summed E-state index contributed by atoms with van der Waals surface area (Å²) in [5.41, 5.74) is 5.40. The smallest absolute Gasteiger partial charge is 0.119 e. The third kappa shape index (κ3) is 3.72. The van der Waals surface area contributed by atoms with E-state index in [2.05, 4.69) is 38.3 Å². The minimum atomic E-state index is 0.218. The van der Waals surface area contributed by atoms with Crippen molar-refractivity contribution in [3.05, 3.63) is 29.3 Å². The van der Waals surface area contributed by atoms with Crippen LogP contribution in [0.4, 0.5) is 0 Å². The van der Waals surface area contributed by atoms with Crippen molar-refractivity contribution >= 4 is 0 Å². The van der Waals surface area contributed by atoms with Gasteiger partial charge in [0, 0.05) is 6.04 Å². The van der Waals surface area contributed by atoms with Gasteiger partial charge in [-0.1, -0.05) is 26.3 Å². The van der Waals surface area contributed by atoms with E-state index in [1.807, 2.05) is 6.07 Å². The summed E-state index contributed by atoms with van der Waals surface area (Å²) >= 11 is 0. The predicted molar refractivity (Wildman–Crippen MR) is 71.9 cm³/mol. The fourth-order valence-electron chi connectivity index (χ4n) is 2.02. The van der Waals surface area contributed by atoms with Gasteiger partial charge < -0.3 is 4.74 Å². The van der Waals surface area contributed by atoms with E-state index in [9.17, 15) is 0 Å². The Morgan fingerprint density at radius 3 is 2.59 bits per heavy atom. The van der Waals surface area contributed by atoms with E-state index in [1.54, 1.807) is 7.11 Å². The van der Waals surface area contributed by atoms with Crippen molar-refractivity contribution in [1.29, 1.82) is 0 Å². The molecule has 1 aromatic carbocycles. The number of ether oxygens (including phenoxy) is 1. The van der Waals surface area contributed by atoms with Crippen molar-refractivity contribution in [3.8, 4) is 5.75 Å². The number of hydrogen-bond donors (Lipinski definition) is 2. The zero-order chi connectivity index (χ0) is 12.8. The van der Waals surface area contributed by atoms with Gasteiger partial charge in [0.1, 0.15) is 5.75 Å². The first-order valence-electron chi connectivity index (χ1n) is 6.23. The van der Waals surface area contributed by atoms with Crippen LogP contribution in [-0.2, 0) is 0 Å². The minimum absolute atomic E-state index is 0.218. The quantitative estimate of drug-likeness (QED) is 0.589. The van der Waals surface area contributed by atoms with Crippen LogP contribution < -0.4 is 16.0 Å². The summed E-state index contributed by atoms with van der Waals surface area (Å²) < 4.78 is 5.21. The van der Waals surface area contributed by atoms with Crippen molar-refractivity contribution in [2.75, 3.05) is 7.11 Å². The summed E-state index contributed by atoms with van der Waals surface area (Å²) in [5.74, 6) is 7.22. The monoisotopic (exact) mass is 236 g/mol. The number of hydrazine groups is 1. The van der Waals surface area contributed by atoms with E-state index in [4.69, 9.17) is 10.6 Å². The largest absolute Gasteiger partial charge is 0.497 e. The number of benzene rings is 1. The molecule has 0 fully saturated rings. The van der Waals surface area contributed by atoms with Crippen molar-refractivity contribution in [2.45, 2.75) is 39.7 Å². The van der Waals surface area contributed by atoms with E-state index in [1.165, 1.54) is 17.5 Å². The summed E-state index contributed by atoms with van der Waals surface area (Å²) in [6, 6.07) is 6.36. The molecule has 17 heavy (non-hydrogen) atoms. The molecule has 0 aliphatic carbocycles. The van der Waals surface area contributed by atoms with Gasteiger partial charge in [-0.3, -0.25) is 11.3 Å². The van der Waals surface area contributed by atoms with Crippen LogP contribution in [0.5, 0.6) is 5.75 Å². The van der Waals surface area contributed by atoms with Crippen LogP contribution in [0.2, 0.25) is 0 Å². The normalized spacial score (nSPS) is 14.4. The van der Waals surface area contributed by atoms with Crippen LogP contribution >= 0.6 is 0 Å². The molecular weight excluding hydrogens is 212 g/mol. The fourth-order valence-corrected chi connectivity index (χ4v) is 2.02. The third-order valence-electron chi connectivity index (χ3n) is 3.39. The van der Waals surface area contributed by atoms with Gasteiger partial charge in [-0.2, -0.15) is 0 Å². The average molecular weight is 236 g/mol. The Bertz CT molecular complexity index is 352. The van der Waals surface area contributed by atoms with E-state index in [-0.39, 0.29) is 6.04 Å². The second-order valence-corrected chi connectivity index (χ2v) is 4.69. The van der Waals surface area contributed by atoms with Crippen molar-refractivity contribution in [2.24, 2.45) is 11.8 Å². The van der Waals surface area contributed by atoms with Crippen molar-refractivity contribution < 1.29 is 4.74 Å². The molecule has 0 spiro atoms. The second kappa shape index (κ2) is 6.62. The Morgan fingerprint density at radius 2 is 2.12 bits per heavy atom. The molecule has 2 unspecified atom stereocenters. The van der Waals surface area contributed by atoms with E-state index in [0.717, 1.165) is 12.2 Å². The highest BCUT2D eigenvalue weighted by molar-refractivity contribution is 5.36. The zero-order valence-corrected chi connectivity index (χ0v) is 11.3. The first kappa shape index (κ1) is 14.0. The average Bonchev–Trinajstić information content (AvgIpc) is 2.35. The van der Waals surface area contributed by atoms with Gasteiger partial charge in [0.05, 0.1) is 7.11 Å². The number of aryl methyl sites for hydroxylation is 1. The molecule has 0 aromatic heterocycles. The summed E-state index contributed by atoms with van der Waals surface area (Å²) in [4.78, 5) is 0. The van der Waals surface area contributed by atoms with Gasteiger partial charge in [-0.05, 0) is 42.5 Å². The summed E-state index contributed by atoms with van der Waals surface area (Å²) in [7, 11) is 1.69. The van der Waals surface area contributed by atoms with Crippen molar-refractivity contribution in [3.63, 3.8) is 0 Å². The number of hydrogen-bond acceptors (Lipinski definition) is 3. The lowest BCUT2D eigenvalue weighted by Gasteiger charge is -2.22. The fraction of sp³-hybridized carbons (Fsp3) is 0.571. The molecule has 3 nitrogen and oxygen atoms in total. The third-order valence-corrected chi connectivity index (χ3v) is 3.39. The summed E-state index contributed by atoms with van der Waals surface area (Å²) in [6.45, 7) is 6.56. The molecule has 0 bridgehead atoms. The molecule has 96 valence electrons. The number of methoxy groups -OCH3 is 1. The van der Waals surface area contributed by atoms with Gasteiger partial charge in [0.2, 0.25) is 0 Å². The molecule has 0 aliphatic heterocycles. The standard InChI is InChI=1S/C14H24N2O/c1-5-10(2)8-14(16-15)13-7-6-12(17-4)9-11(13)3/h6-7,9-10,14,16H,5,8,15H2,1-4H3. The molecule has 0 amide bonds. The van der Waals surface area contributed by atoms with Crippen LogP contribution in [0, 0.1) is 12.8 Å². The highest BCUT2D eigenvalue weighted by atomic mass is 16.5. The lowest BCUT2D eigenvalue weighted by molar-refractivity contribution is 0.402. The van der Waals surface area contributed by atoms with E-state index < -0.39 is 0 Å². The Labute approximate surface area is 104 Å². The van der Waals surface area contributed by atoms with Crippen LogP contribution in [0.15, 0.2) is 18.2 Å². The minimum Gasteiger partial charge on any atom is -0.497 e. The van der Waals surface area contributed by atoms with Gasteiger partial charge in [-0.15, -0.1) is 0 Å². The molecule has 1 aromatic rings. The highest BCUT2D eigenvalue weighted by Crippen LogP contribution is 2.27. The maximum Gasteiger partial charge on any atom is 0.119 e. The molecule has 0 heterocycles. The van der Waals surface area contributed by atoms with E-state index in [0.29, 0.717) is 5.92 Å². The molecule has 1 rings (SSSR count). The first-order chi connectivity index (χ1) is 8.12. The van der Waals surface area contributed by atoms with Crippen LogP contribution in [-0.4, -0.2) is 7.11 Å². The number of nitrogens with one attached hydrogen (secondary N) is 1. The SMILES string of the molecule is CCC(C)CC(NN)c1ccc(OC)cc1C. The van der Waals surface area contributed by atoms with Crippen LogP contribution in [0.3, 0.4) is 0 Å². The Morgan fingerprint density at radius 1 is 1.41 bits per heavy atom. The van der Waals surface area contributed by atoms with Crippen LogP contribution in [0.25, 0.3) is 0 Å². The Kier molecular flexibility index (Phi) is 5.45. The Hall–Kier alpha value is -1.06. The highest BCUT2D eigenvalue weighted by Gasteiger charge is 2.15. The topological polar surface area (TPSA) is 47.3 Å². The zero-order valence-electron chi connectivity index (χ0n) is 11.3.